The quantitative estimate of drug-likeness (QED) is 0.582. The molecule has 0 aliphatic heterocycles. The average molecular weight is 288 g/mol. The summed E-state index contributed by atoms with van der Waals surface area (Å²) in [4.78, 5) is 11.1. The van der Waals surface area contributed by atoms with Crippen LogP contribution in [0.25, 0.3) is 0 Å². The maximum absolute atomic E-state index is 11.1. The number of carbonyl (C=O) groups is 1. The summed E-state index contributed by atoms with van der Waals surface area (Å²) in [7, 11) is 2.97. The van der Waals surface area contributed by atoms with E-state index in [0.29, 0.717) is 23.9 Å². The van der Waals surface area contributed by atoms with E-state index in [-0.39, 0.29) is 6.61 Å². The molecule has 0 aliphatic rings. The molecule has 1 N–H and O–H groups in total. The highest BCUT2D eigenvalue weighted by molar-refractivity contribution is 6.30. The lowest BCUT2D eigenvalue weighted by Crippen LogP contribution is -2.20. The number of esters is 1. The van der Waals surface area contributed by atoms with Gasteiger partial charge in [-0.2, -0.15) is 0 Å². The first-order valence-corrected chi connectivity index (χ1v) is 6.23. The van der Waals surface area contributed by atoms with Crippen molar-refractivity contribution in [2.45, 2.75) is 6.54 Å². The molecule has 5 nitrogen and oxygen atoms in total. The molecular weight excluding hydrogens is 270 g/mol. The normalized spacial score (nSPS) is 10.3. The van der Waals surface area contributed by atoms with E-state index in [1.165, 1.54) is 7.11 Å². The Morgan fingerprint density at radius 3 is 2.84 bits per heavy atom. The van der Waals surface area contributed by atoms with Crippen LogP contribution in [0.3, 0.4) is 0 Å². The topological polar surface area (TPSA) is 56.8 Å². The lowest BCUT2D eigenvalue weighted by molar-refractivity contribution is -0.142. The van der Waals surface area contributed by atoms with E-state index in [1.807, 2.05) is 0 Å². The van der Waals surface area contributed by atoms with Crippen LogP contribution in [0.1, 0.15) is 5.56 Å². The molecule has 0 radical (unpaired) electrons. The number of carbonyl (C=O) groups excluding carboxylic acids is 1. The number of ether oxygens (including phenoxy) is 3. The van der Waals surface area contributed by atoms with Crippen LogP contribution in [0.4, 0.5) is 0 Å². The minimum atomic E-state index is -0.423. The van der Waals surface area contributed by atoms with E-state index < -0.39 is 5.97 Å². The van der Waals surface area contributed by atoms with Crippen LogP contribution < -0.4 is 10.1 Å². The lowest BCUT2D eigenvalue weighted by atomic mass is 10.2. The average Bonchev–Trinajstić information content (AvgIpc) is 2.42. The Balaban J connectivity index is 2.60. The first-order chi connectivity index (χ1) is 9.17. The Morgan fingerprint density at radius 1 is 1.37 bits per heavy atom. The minimum Gasteiger partial charge on any atom is -0.482 e. The van der Waals surface area contributed by atoms with Crippen molar-refractivity contribution in [2.24, 2.45) is 0 Å². The molecular formula is C13H18ClNO4. The summed E-state index contributed by atoms with van der Waals surface area (Å²) < 4.78 is 14.9. The zero-order valence-electron chi connectivity index (χ0n) is 11.1. The number of benzene rings is 1. The highest BCUT2D eigenvalue weighted by Gasteiger charge is 2.07. The van der Waals surface area contributed by atoms with Gasteiger partial charge in [0.15, 0.2) is 6.61 Å². The molecule has 1 aromatic carbocycles. The molecule has 0 aromatic heterocycles. The first kappa shape index (κ1) is 15.8. The third-order valence-electron chi connectivity index (χ3n) is 2.39. The molecule has 0 heterocycles. The largest absolute Gasteiger partial charge is 0.482 e. The second-order valence-electron chi connectivity index (χ2n) is 3.79. The number of methoxy groups -OCH3 is 2. The third kappa shape index (κ3) is 5.92. The molecule has 0 amide bonds. The fraction of sp³-hybridized carbons (Fsp3) is 0.462. The highest BCUT2D eigenvalue weighted by atomic mass is 35.5. The summed E-state index contributed by atoms with van der Waals surface area (Å²) in [6.07, 6.45) is 0. The fourth-order valence-corrected chi connectivity index (χ4v) is 1.61. The van der Waals surface area contributed by atoms with Crippen LogP contribution in [-0.2, 0) is 20.8 Å². The Morgan fingerprint density at radius 2 is 2.16 bits per heavy atom. The van der Waals surface area contributed by atoms with Crippen LogP contribution in [0.2, 0.25) is 5.02 Å². The van der Waals surface area contributed by atoms with Gasteiger partial charge in [-0.1, -0.05) is 11.6 Å². The molecule has 1 aromatic rings. The highest BCUT2D eigenvalue weighted by Crippen LogP contribution is 2.22. The maximum atomic E-state index is 11.1. The zero-order valence-corrected chi connectivity index (χ0v) is 11.8. The van der Waals surface area contributed by atoms with Crippen molar-refractivity contribution >= 4 is 17.6 Å². The molecule has 0 saturated carbocycles. The number of nitrogens with one attached hydrogen (secondary N) is 1. The van der Waals surface area contributed by atoms with Crippen molar-refractivity contribution in [1.29, 1.82) is 0 Å². The standard InChI is InChI=1S/C13H18ClNO4/c1-17-6-5-15-8-10-7-11(14)3-4-12(10)19-9-13(16)18-2/h3-4,7,15H,5-6,8-9H2,1-2H3. The van der Waals surface area contributed by atoms with Crippen LogP contribution in [-0.4, -0.2) is 39.9 Å². The molecule has 0 aliphatic carbocycles. The van der Waals surface area contributed by atoms with Gasteiger partial charge < -0.3 is 19.5 Å². The fourth-order valence-electron chi connectivity index (χ4n) is 1.42. The van der Waals surface area contributed by atoms with Gasteiger partial charge >= 0.3 is 5.97 Å². The number of hydrogen-bond donors (Lipinski definition) is 1. The lowest BCUT2D eigenvalue weighted by Gasteiger charge is -2.12. The van der Waals surface area contributed by atoms with Crippen LogP contribution in [0, 0.1) is 0 Å². The summed E-state index contributed by atoms with van der Waals surface area (Å²) in [5.74, 6) is 0.188. The number of hydrogen-bond acceptors (Lipinski definition) is 5. The summed E-state index contributed by atoms with van der Waals surface area (Å²) in [5, 5.41) is 3.81. The molecule has 6 heteroatoms. The van der Waals surface area contributed by atoms with Gasteiger partial charge in [-0.05, 0) is 18.2 Å². The smallest absolute Gasteiger partial charge is 0.343 e. The van der Waals surface area contributed by atoms with Crippen LogP contribution in [0.5, 0.6) is 5.75 Å². The van der Waals surface area contributed by atoms with Crippen LogP contribution >= 0.6 is 11.6 Å². The van der Waals surface area contributed by atoms with E-state index in [9.17, 15) is 4.79 Å². The van der Waals surface area contributed by atoms with Crippen molar-refractivity contribution in [3.8, 4) is 5.75 Å². The maximum Gasteiger partial charge on any atom is 0.343 e. The van der Waals surface area contributed by atoms with Crippen molar-refractivity contribution < 1.29 is 19.0 Å². The molecule has 106 valence electrons. The predicted molar refractivity (Wildman–Crippen MR) is 72.5 cm³/mol. The van der Waals surface area contributed by atoms with Crippen molar-refractivity contribution in [2.75, 3.05) is 34.0 Å². The van der Waals surface area contributed by atoms with E-state index in [2.05, 4.69) is 10.1 Å². The van der Waals surface area contributed by atoms with Gasteiger partial charge in [-0.15, -0.1) is 0 Å². The molecule has 0 atom stereocenters. The van der Waals surface area contributed by atoms with Gasteiger partial charge in [0.05, 0.1) is 13.7 Å². The number of halogens is 1. The SMILES string of the molecule is COCCNCc1cc(Cl)ccc1OCC(=O)OC. The van der Waals surface area contributed by atoms with Gasteiger partial charge in [0.2, 0.25) is 0 Å². The predicted octanol–water partition coefficient (Wildman–Crippen LogP) is 1.63. The van der Waals surface area contributed by atoms with Gasteiger partial charge in [-0.25, -0.2) is 4.79 Å². The van der Waals surface area contributed by atoms with E-state index >= 15 is 0 Å². The summed E-state index contributed by atoms with van der Waals surface area (Å²) in [6.45, 7) is 1.81. The molecule has 0 saturated heterocycles. The summed E-state index contributed by atoms with van der Waals surface area (Å²) in [6, 6.07) is 5.25. The zero-order chi connectivity index (χ0) is 14.1. The molecule has 0 unspecified atom stereocenters. The first-order valence-electron chi connectivity index (χ1n) is 5.85. The number of rotatable bonds is 8. The Labute approximate surface area is 117 Å². The summed E-state index contributed by atoms with van der Waals surface area (Å²) >= 11 is 5.95. The Hall–Kier alpha value is -1.30. The van der Waals surface area contributed by atoms with Gasteiger partial charge in [-0.3, -0.25) is 0 Å². The van der Waals surface area contributed by atoms with E-state index in [1.54, 1.807) is 25.3 Å². The second kappa shape index (κ2) is 8.74. The van der Waals surface area contributed by atoms with E-state index in [4.69, 9.17) is 21.1 Å². The van der Waals surface area contributed by atoms with Gasteiger partial charge in [0.1, 0.15) is 5.75 Å². The van der Waals surface area contributed by atoms with Crippen molar-refractivity contribution in [3.05, 3.63) is 28.8 Å². The second-order valence-corrected chi connectivity index (χ2v) is 4.22. The monoisotopic (exact) mass is 287 g/mol. The van der Waals surface area contributed by atoms with Gasteiger partial charge in [0, 0.05) is 30.8 Å². The van der Waals surface area contributed by atoms with E-state index in [0.717, 1.165) is 12.1 Å². The molecule has 0 bridgehead atoms. The molecule has 0 spiro atoms. The Bertz CT molecular complexity index is 412. The minimum absolute atomic E-state index is 0.122. The van der Waals surface area contributed by atoms with Crippen LogP contribution in [0.15, 0.2) is 18.2 Å². The summed E-state index contributed by atoms with van der Waals surface area (Å²) in [5.41, 5.74) is 0.882. The third-order valence-corrected chi connectivity index (χ3v) is 2.63. The van der Waals surface area contributed by atoms with Crippen molar-refractivity contribution in [1.82, 2.24) is 5.32 Å². The molecule has 0 fully saturated rings. The molecule has 1 rings (SSSR count). The Kier molecular flexibility index (Phi) is 7.25. The van der Waals surface area contributed by atoms with Gasteiger partial charge in [0.25, 0.3) is 0 Å². The van der Waals surface area contributed by atoms with Crippen molar-refractivity contribution in [3.63, 3.8) is 0 Å². The molecule has 19 heavy (non-hydrogen) atoms.